The Balaban J connectivity index is 0. The van der Waals surface area contributed by atoms with E-state index in [9.17, 15) is 0 Å². The van der Waals surface area contributed by atoms with Crippen molar-refractivity contribution < 1.29 is 76.5 Å². The fourth-order valence-electron chi connectivity index (χ4n) is 3.98. The topological polar surface area (TPSA) is 27.7 Å². The third-order valence-corrected chi connectivity index (χ3v) is 5.02. The molecular weight excluding hydrogens is 317 g/mol. The largest absolute Gasteiger partial charge is 1.00 e. The standard InChI is InChI=1S/C16H23O3P.2Na.2H/c1-13(2,3)16-14(4,5)10-17-15(16,18-19-16)11-7-6-8-12(20)9-11;;;;/h6-9H,10,20H2,1-5H3;;;;/q;2*+1;2*-1. The van der Waals surface area contributed by atoms with Crippen LogP contribution in [0.3, 0.4) is 0 Å². The Morgan fingerprint density at radius 3 is 2.23 bits per heavy atom. The second-order valence-corrected chi connectivity index (χ2v) is 8.18. The van der Waals surface area contributed by atoms with Gasteiger partial charge in [0.2, 0.25) is 0 Å². The molecule has 3 unspecified atom stereocenters. The van der Waals surface area contributed by atoms with Crippen molar-refractivity contribution in [1.82, 2.24) is 0 Å². The van der Waals surface area contributed by atoms with E-state index in [1.54, 1.807) is 0 Å². The summed E-state index contributed by atoms with van der Waals surface area (Å²) in [5, 5.41) is 1.11. The van der Waals surface area contributed by atoms with Crippen molar-refractivity contribution in [3.05, 3.63) is 29.8 Å². The summed E-state index contributed by atoms with van der Waals surface area (Å²) >= 11 is 0. The smallest absolute Gasteiger partial charge is 1.00 e. The van der Waals surface area contributed by atoms with E-state index in [0.29, 0.717) is 6.61 Å². The molecule has 1 aromatic rings. The van der Waals surface area contributed by atoms with Gasteiger partial charge in [0.15, 0.2) is 5.60 Å². The Kier molecular flexibility index (Phi) is 6.55. The molecule has 3 rings (SSSR count). The number of benzene rings is 1. The third kappa shape index (κ3) is 2.65. The number of ether oxygens (including phenoxy) is 1. The van der Waals surface area contributed by atoms with E-state index in [2.05, 4.69) is 56.0 Å². The molecule has 2 heterocycles. The van der Waals surface area contributed by atoms with Gasteiger partial charge in [-0.15, -0.1) is 9.24 Å². The SMILES string of the molecule is CC(C)(C)C12OOC1(c1cccc(P)c1)OCC2(C)C.[H-].[H-].[Na+].[Na+]. The van der Waals surface area contributed by atoms with Crippen LogP contribution in [0.4, 0.5) is 0 Å². The van der Waals surface area contributed by atoms with Gasteiger partial charge >= 0.3 is 59.1 Å². The molecule has 0 radical (unpaired) electrons. The molecule has 0 aliphatic carbocycles. The van der Waals surface area contributed by atoms with Crippen LogP contribution in [0.1, 0.15) is 43.0 Å². The van der Waals surface area contributed by atoms with E-state index in [1.165, 1.54) is 0 Å². The van der Waals surface area contributed by atoms with Crippen molar-refractivity contribution in [2.24, 2.45) is 10.8 Å². The van der Waals surface area contributed by atoms with Crippen molar-refractivity contribution in [2.45, 2.75) is 46.0 Å². The molecule has 6 heteroatoms. The van der Waals surface area contributed by atoms with Crippen LogP contribution in [0.25, 0.3) is 0 Å². The van der Waals surface area contributed by atoms with Gasteiger partial charge in [-0.2, -0.15) is 4.89 Å². The van der Waals surface area contributed by atoms with Gasteiger partial charge in [0.1, 0.15) is 0 Å². The number of hydrogen-bond donors (Lipinski definition) is 0. The fourth-order valence-corrected chi connectivity index (χ4v) is 4.27. The molecule has 22 heavy (non-hydrogen) atoms. The quantitative estimate of drug-likeness (QED) is 0.318. The first-order chi connectivity index (χ1) is 9.16. The zero-order chi connectivity index (χ0) is 14.8. The molecule has 0 amide bonds. The molecular formula is C16H25Na2O3P. The molecule has 1 aromatic carbocycles. The Labute approximate surface area is 182 Å². The van der Waals surface area contributed by atoms with Gasteiger partial charge in [-0.3, -0.25) is 0 Å². The molecule has 0 spiro atoms. The van der Waals surface area contributed by atoms with Gasteiger partial charge in [0, 0.05) is 16.4 Å². The summed E-state index contributed by atoms with van der Waals surface area (Å²) < 4.78 is 6.17. The van der Waals surface area contributed by atoms with Gasteiger partial charge in [-0.25, -0.2) is 4.89 Å². The first-order valence-corrected chi connectivity index (χ1v) is 7.61. The third-order valence-electron chi connectivity index (χ3n) is 4.66. The summed E-state index contributed by atoms with van der Waals surface area (Å²) in [4.78, 5) is 11.4. The minimum Gasteiger partial charge on any atom is -1.00 e. The van der Waals surface area contributed by atoms with Gasteiger partial charge < -0.3 is 7.59 Å². The number of fused-ring (bicyclic) bond motifs is 1. The van der Waals surface area contributed by atoms with E-state index >= 15 is 0 Å². The molecule has 0 saturated carbocycles. The molecule has 0 bridgehead atoms. The van der Waals surface area contributed by atoms with Crippen LogP contribution < -0.4 is 64.4 Å². The average Bonchev–Trinajstić information content (AvgIpc) is 2.41. The average molecular weight is 342 g/mol. The molecule has 2 aliphatic rings. The van der Waals surface area contributed by atoms with Crippen molar-refractivity contribution in [1.29, 1.82) is 0 Å². The molecule has 0 N–H and O–H groups in total. The van der Waals surface area contributed by atoms with Crippen molar-refractivity contribution >= 4 is 14.5 Å². The summed E-state index contributed by atoms with van der Waals surface area (Å²) in [6, 6.07) is 8.21. The maximum atomic E-state index is 6.17. The summed E-state index contributed by atoms with van der Waals surface area (Å²) in [6.07, 6.45) is 0. The van der Waals surface area contributed by atoms with Crippen LogP contribution in [-0.2, 0) is 20.3 Å². The minimum atomic E-state index is -0.804. The fraction of sp³-hybridized carbons (Fsp3) is 0.625. The Morgan fingerprint density at radius 2 is 1.77 bits per heavy atom. The van der Waals surface area contributed by atoms with Crippen molar-refractivity contribution in [2.75, 3.05) is 6.61 Å². The monoisotopic (exact) mass is 342 g/mol. The Hall–Kier alpha value is 1.53. The van der Waals surface area contributed by atoms with Gasteiger partial charge in [0.05, 0.1) is 6.61 Å². The molecule has 0 aromatic heterocycles. The molecule has 2 aliphatic heterocycles. The number of rotatable bonds is 1. The van der Waals surface area contributed by atoms with E-state index in [0.717, 1.165) is 10.9 Å². The first kappa shape index (κ1) is 21.6. The predicted octanol–water partition coefficient (Wildman–Crippen LogP) is -2.62. The van der Waals surface area contributed by atoms with Crippen LogP contribution in [0.2, 0.25) is 0 Å². The van der Waals surface area contributed by atoms with Crippen LogP contribution in [0.15, 0.2) is 24.3 Å². The Morgan fingerprint density at radius 1 is 1.14 bits per heavy atom. The van der Waals surface area contributed by atoms with E-state index in [4.69, 9.17) is 14.5 Å². The maximum absolute atomic E-state index is 6.17. The van der Waals surface area contributed by atoms with Crippen LogP contribution in [0, 0.1) is 10.8 Å². The van der Waals surface area contributed by atoms with Crippen molar-refractivity contribution in [3.8, 4) is 0 Å². The second kappa shape index (κ2) is 6.68. The maximum Gasteiger partial charge on any atom is 1.00 e. The first-order valence-electron chi connectivity index (χ1n) is 7.03. The van der Waals surface area contributed by atoms with Gasteiger partial charge in [-0.05, 0) is 11.4 Å². The zero-order valence-corrected chi connectivity index (χ0v) is 20.0. The molecule has 114 valence electrons. The van der Waals surface area contributed by atoms with E-state index in [1.807, 2.05) is 12.1 Å². The van der Waals surface area contributed by atoms with Gasteiger partial charge in [-0.1, -0.05) is 52.8 Å². The van der Waals surface area contributed by atoms with Crippen molar-refractivity contribution in [3.63, 3.8) is 0 Å². The number of hydrogen-bond acceptors (Lipinski definition) is 3. The molecule has 3 nitrogen and oxygen atoms in total. The van der Waals surface area contributed by atoms with Crippen LogP contribution >= 0.6 is 9.24 Å². The van der Waals surface area contributed by atoms with E-state index in [-0.39, 0.29) is 72.8 Å². The van der Waals surface area contributed by atoms with Crippen LogP contribution in [0.5, 0.6) is 0 Å². The summed E-state index contributed by atoms with van der Waals surface area (Å²) in [6.45, 7) is 11.5. The predicted molar refractivity (Wildman–Crippen MR) is 83.8 cm³/mol. The Bertz CT molecular complexity index is 568. The minimum absolute atomic E-state index is 0. The van der Waals surface area contributed by atoms with E-state index < -0.39 is 11.4 Å². The van der Waals surface area contributed by atoms with Crippen LogP contribution in [-0.4, -0.2) is 12.2 Å². The molecule has 2 saturated heterocycles. The molecule has 2 fully saturated rings. The molecule has 3 atom stereocenters. The summed E-state index contributed by atoms with van der Waals surface area (Å²) in [5.41, 5.74) is 0.297. The summed E-state index contributed by atoms with van der Waals surface area (Å²) in [7, 11) is 2.72. The summed E-state index contributed by atoms with van der Waals surface area (Å²) in [5.74, 6) is -0.804. The normalized spacial score (nSPS) is 32.3. The van der Waals surface area contributed by atoms with Gasteiger partial charge in [0.25, 0.3) is 5.79 Å². The zero-order valence-electron chi connectivity index (χ0n) is 16.8. The second-order valence-electron chi connectivity index (χ2n) is 7.51.